The second kappa shape index (κ2) is 4.77. The minimum Gasteiger partial charge on any atom is -0.399 e. The summed E-state index contributed by atoms with van der Waals surface area (Å²) in [6.45, 7) is 0.663. The van der Waals surface area contributed by atoms with E-state index in [1.165, 1.54) is 0 Å². The summed E-state index contributed by atoms with van der Waals surface area (Å²) in [5.74, 6) is -2.55. The summed E-state index contributed by atoms with van der Waals surface area (Å²) in [5.41, 5.74) is 8.25. The van der Waals surface area contributed by atoms with E-state index in [-0.39, 0.29) is 12.8 Å². The highest BCUT2D eigenvalue weighted by molar-refractivity contribution is 5.68. The maximum Gasteiger partial charge on any atom is 0.251 e. The van der Waals surface area contributed by atoms with Gasteiger partial charge in [0.1, 0.15) is 0 Å². The second-order valence-corrected chi connectivity index (χ2v) is 5.06. The molecule has 3 rings (SSSR count). The van der Waals surface area contributed by atoms with E-state index in [0.717, 1.165) is 11.4 Å². The van der Waals surface area contributed by atoms with E-state index < -0.39 is 5.92 Å². The fourth-order valence-electron chi connectivity index (χ4n) is 2.49. The van der Waals surface area contributed by atoms with Crippen LogP contribution < -0.4 is 10.6 Å². The van der Waals surface area contributed by atoms with Crippen LogP contribution in [-0.2, 0) is 0 Å². The first kappa shape index (κ1) is 12.9. The first-order valence-corrected chi connectivity index (χ1v) is 6.56. The zero-order valence-electron chi connectivity index (χ0n) is 11.0. The smallest absolute Gasteiger partial charge is 0.251 e. The number of alkyl halides is 2. The number of nitrogens with zero attached hydrogens (tertiary/aromatic N) is 3. The van der Waals surface area contributed by atoms with Gasteiger partial charge in [0.2, 0.25) is 0 Å². The third kappa shape index (κ3) is 2.45. The lowest BCUT2D eigenvalue weighted by Crippen LogP contribution is -2.39. The lowest BCUT2D eigenvalue weighted by Gasteiger charge is -2.34. The van der Waals surface area contributed by atoms with Crippen molar-refractivity contribution in [1.82, 2.24) is 9.55 Å². The van der Waals surface area contributed by atoms with E-state index in [4.69, 9.17) is 5.73 Å². The fourth-order valence-corrected chi connectivity index (χ4v) is 2.49. The van der Waals surface area contributed by atoms with Crippen molar-refractivity contribution in [1.29, 1.82) is 0 Å². The Bertz CT molecular complexity index is 585. The van der Waals surface area contributed by atoms with E-state index in [2.05, 4.69) is 4.98 Å². The third-order valence-corrected chi connectivity index (χ3v) is 3.62. The van der Waals surface area contributed by atoms with Gasteiger partial charge >= 0.3 is 0 Å². The number of rotatable bonds is 2. The number of hydrogen-bond donors (Lipinski definition) is 1. The molecule has 4 nitrogen and oxygen atoms in total. The molecule has 106 valence electrons. The monoisotopic (exact) mass is 278 g/mol. The van der Waals surface area contributed by atoms with Gasteiger partial charge in [-0.2, -0.15) is 0 Å². The summed E-state index contributed by atoms with van der Waals surface area (Å²) in [6.07, 6.45) is 4.96. The largest absolute Gasteiger partial charge is 0.399 e. The number of imidazole rings is 1. The minimum atomic E-state index is -2.55. The Morgan fingerprint density at radius 2 is 1.90 bits per heavy atom. The maximum absolute atomic E-state index is 13.3. The molecule has 2 aromatic rings. The minimum absolute atomic E-state index is 0.120. The van der Waals surface area contributed by atoms with Crippen molar-refractivity contribution in [3.8, 4) is 5.69 Å². The van der Waals surface area contributed by atoms with Crippen molar-refractivity contribution in [3.63, 3.8) is 0 Å². The Morgan fingerprint density at radius 3 is 2.55 bits per heavy atom. The predicted octanol–water partition coefficient (Wildman–Crippen LogP) is 2.69. The Balaban J connectivity index is 1.95. The van der Waals surface area contributed by atoms with E-state index in [1.54, 1.807) is 18.6 Å². The van der Waals surface area contributed by atoms with Gasteiger partial charge in [0.05, 0.1) is 17.7 Å². The van der Waals surface area contributed by atoms with Gasteiger partial charge in [0.25, 0.3) is 5.92 Å². The van der Waals surface area contributed by atoms with Crippen LogP contribution in [-0.4, -0.2) is 28.6 Å². The van der Waals surface area contributed by atoms with E-state index >= 15 is 0 Å². The molecule has 1 aliphatic heterocycles. The van der Waals surface area contributed by atoms with Crippen LogP contribution in [0.5, 0.6) is 0 Å². The summed E-state index contributed by atoms with van der Waals surface area (Å²) in [5, 5.41) is 0. The standard InChI is InChI=1S/C14H16F2N4/c15-14(16)3-6-19(7-4-14)13-9-11(17)1-2-12(13)20-8-5-18-10-20/h1-2,5,8-10H,3-4,6-7,17H2. The molecule has 0 saturated carbocycles. The van der Waals surface area contributed by atoms with Crippen LogP contribution in [0.25, 0.3) is 5.69 Å². The normalized spacial score (nSPS) is 18.2. The van der Waals surface area contributed by atoms with E-state index in [0.29, 0.717) is 18.8 Å². The van der Waals surface area contributed by atoms with Crippen molar-refractivity contribution in [2.24, 2.45) is 0 Å². The summed E-state index contributed by atoms with van der Waals surface area (Å²) >= 11 is 0. The molecule has 0 aliphatic carbocycles. The molecule has 1 saturated heterocycles. The molecule has 1 aliphatic rings. The average Bonchev–Trinajstić information content (AvgIpc) is 2.92. The number of anilines is 2. The zero-order chi connectivity index (χ0) is 14.2. The quantitative estimate of drug-likeness (QED) is 0.859. The molecule has 2 N–H and O–H groups in total. The number of nitrogen functional groups attached to an aromatic ring is 1. The number of halogens is 2. The second-order valence-electron chi connectivity index (χ2n) is 5.06. The third-order valence-electron chi connectivity index (χ3n) is 3.62. The summed E-state index contributed by atoms with van der Waals surface area (Å²) < 4.78 is 28.4. The van der Waals surface area contributed by atoms with Crippen LogP contribution in [0.15, 0.2) is 36.9 Å². The van der Waals surface area contributed by atoms with E-state index in [9.17, 15) is 8.78 Å². The first-order chi connectivity index (χ1) is 9.55. The number of aromatic nitrogens is 2. The van der Waals surface area contributed by atoms with Crippen LogP contribution in [0, 0.1) is 0 Å². The van der Waals surface area contributed by atoms with Gasteiger partial charge in [-0.15, -0.1) is 0 Å². The van der Waals surface area contributed by atoms with Crippen LogP contribution in [0.4, 0.5) is 20.2 Å². The van der Waals surface area contributed by atoms with Crippen LogP contribution in [0.1, 0.15) is 12.8 Å². The molecule has 0 atom stereocenters. The lowest BCUT2D eigenvalue weighted by molar-refractivity contribution is -0.0220. The van der Waals surface area contributed by atoms with Crippen molar-refractivity contribution in [2.45, 2.75) is 18.8 Å². The maximum atomic E-state index is 13.3. The molecule has 0 spiro atoms. The van der Waals surface area contributed by atoms with Gasteiger partial charge in [-0.05, 0) is 18.2 Å². The molecule has 20 heavy (non-hydrogen) atoms. The number of benzene rings is 1. The molecule has 0 unspecified atom stereocenters. The molecule has 0 bridgehead atoms. The topological polar surface area (TPSA) is 47.1 Å². The Hall–Kier alpha value is -2.11. The highest BCUT2D eigenvalue weighted by Crippen LogP contribution is 2.34. The first-order valence-electron chi connectivity index (χ1n) is 6.56. The van der Waals surface area contributed by atoms with Crippen molar-refractivity contribution >= 4 is 11.4 Å². The molecule has 1 fully saturated rings. The van der Waals surface area contributed by atoms with Gasteiger partial charge in [0, 0.05) is 44.0 Å². The molecule has 1 aromatic heterocycles. The van der Waals surface area contributed by atoms with Crippen molar-refractivity contribution < 1.29 is 8.78 Å². The molecule has 2 heterocycles. The molecule has 6 heteroatoms. The average molecular weight is 278 g/mol. The van der Waals surface area contributed by atoms with Gasteiger partial charge in [-0.25, -0.2) is 13.8 Å². The summed E-state index contributed by atoms with van der Waals surface area (Å²) in [4.78, 5) is 5.98. The Morgan fingerprint density at radius 1 is 1.15 bits per heavy atom. The van der Waals surface area contributed by atoms with Gasteiger partial charge in [-0.1, -0.05) is 0 Å². The molecule has 1 aromatic carbocycles. The molecule has 0 radical (unpaired) electrons. The van der Waals surface area contributed by atoms with E-state index in [1.807, 2.05) is 27.8 Å². The van der Waals surface area contributed by atoms with Gasteiger partial charge in [0.15, 0.2) is 0 Å². The number of piperidine rings is 1. The fraction of sp³-hybridized carbons (Fsp3) is 0.357. The molecular weight excluding hydrogens is 262 g/mol. The van der Waals surface area contributed by atoms with Crippen LogP contribution >= 0.6 is 0 Å². The summed E-state index contributed by atoms with van der Waals surface area (Å²) in [7, 11) is 0. The highest BCUT2D eigenvalue weighted by Gasteiger charge is 2.34. The molecule has 0 amide bonds. The Labute approximate surface area is 115 Å². The van der Waals surface area contributed by atoms with Crippen molar-refractivity contribution in [3.05, 3.63) is 36.9 Å². The molecular formula is C14H16F2N4. The predicted molar refractivity (Wildman–Crippen MR) is 74.4 cm³/mol. The van der Waals surface area contributed by atoms with Crippen LogP contribution in [0.3, 0.4) is 0 Å². The van der Waals surface area contributed by atoms with Gasteiger partial charge in [-0.3, -0.25) is 0 Å². The van der Waals surface area contributed by atoms with Crippen molar-refractivity contribution in [2.75, 3.05) is 23.7 Å². The number of nitrogens with two attached hydrogens (primary N) is 1. The number of hydrogen-bond acceptors (Lipinski definition) is 3. The summed E-state index contributed by atoms with van der Waals surface area (Å²) in [6, 6.07) is 5.52. The van der Waals surface area contributed by atoms with Crippen LogP contribution in [0.2, 0.25) is 0 Å². The zero-order valence-corrected chi connectivity index (χ0v) is 11.0. The Kier molecular flexibility index (Phi) is 3.08. The SMILES string of the molecule is Nc1ccc(-n2ccnc2)c(N2CCC(F)(F)CC2)c1. The highest BCUT2D eigenvalue weighted by atomic mass is 19.3. The lowest BCUT2D eigenvalue weighted by atomic mass is 10.1. The van der Waals surface area contributed by atoms with Gasteiger partial charge < -0.3 is 15.2 Å².